The minimum Gasteiger partial charge on any atom is -0.395 e. The van der Waals surface area contributed by atoms with Gasteiger partial charge in [-0.2, -0.15) is 0 Å². The van der Waals surface area contributed by atoms with Crippen molar-refractivity contribution in [3.63, 3.8) is 0 Å². The largest absolute Gasteiger partial charge is 0.395 e. The summed E-state index contributed by atoms with van der Waals surface area (Å²) in [5.74, 6) is 0.164. The van der Waals surface area contributed by atoms with E-state index in [-0.39, 0.29) is 17.9 Å². The number of hydrogen-bond donors (Lipinski definition) is 2. The fraction of sp³-hybridized carbons (Fsp3) is 0.923. The van der Waals surface area contributed by atoms with Gasteiger partial charge in [-0.25, -0.2) is 0 Å². The van der Waals surface area contributed by atoms with Crippen LogP contribution in [0, 0.1) is 5.41 Å². The van der Waals surface area contributed by atoms with Crippen LogP contribution < -0.4 is 5.73 Å². The van der Waals surface area contributed by atoms with Crippen LogP contribution in [0.25, 0.3) is 0 Å². The van der Waals surface area contributed by atoms with Crippen molar-refractivity contribution in [1.29, 1.82) is 0 Å². The lowest BCUT2D eigenvalue weighted by Crippen LogP contribution is -2.44. The highest BCUT2D eigenvalue weighted by molar-refractivity contribution is 5.77. The van der Waals surface area contributed by atoms with Gasteiger partial charge in [-0.05, 0) is 31.2 Å². The van der Waals surface area contributed by atoms with E-state index in [1.807, 2.05) is 0 Å². The number of rotatable bonds is 8. The van der Waals surface area contributed by atoms with Crippen LogP contribution in [-0.4, -0.2) is 42.2 Å². The molecule has 0 unspecified atom stereocenters. The molecule has 0 saturated heterocycles. The molecule has 17 heavy (non-hydrogen) atoms. The number of nitrogens with two attached hydrogens (primary N) is 1. The summed E-state index contributed by atoms with van der Waals surface area (Å²) in [6.07, 6.45) is 5.98. The van der Waals surface area contributed by atoms with Crippen molar-refractivity contribution < 1.29 is 9.90 Å². The molecule has 0 aromatic heterocycles. The molecule has 0 heterocycles. The van der Waals surface area contributed by atoms with Gasteiger partial charge in [0.2, 0.25) is 5.91 Å². The summed E-state index contributed by atoms with van der Waals surface area (Å²) in [5, 5.41) is 8.99. The average molecular weight is 242 g/mol. The van der Waals surface area contributed by atoms with Crippen molar-refractivity contribution in [2.24, 2.45) is 11.1 Å². The number of unbranched alkanes of at least 4 members (excludes halogenated alkanes) is 1. The normalized spacial score (nSPS) is 17.6. The average Bonchev–Trinajstić information content (AvgIpc) is 2.29. The predicted octanol–water partition coefficient (Wildman–Crippen LogP) is 1.13. The SMILES string of the molecule is CCCCN(CCO)C(=O)CC1(CN)CCC1. The van der Waals surface area contributed by atoms with Crippen molar-refractivity contribution in [3.05, 3.63) is 0 Å². The Hall–Kier alpha value is -0.610. The zero-order valence-electron chi connectivity index (χ0n) is 11.0. The Labute approximate surface area is 104 Å². The lowest BCUT2D eigenvalue weighted by molar-refractivity contribution is -0.135. The van der Waals surface area contributed by atoms with Crippen molar-refractivity contribution in [2.45, 2.75) is 45.4 Å². The second-order valence-electron chi connectivity index (χ2n) is 5.19. The molecule has 4 heteroatoms. The van der Waals surface area contributed by atoms with E-state index in [9.17, 15) is 4.79 Å². The van der Waals surface area contributed by atoms with E-state index in [1.54, 1.807) is 4.90 Å². The Morgan fingerprint density at radius 2 is 2.12 bits per heavy atom. The third-order valence-corrected chi connectivity index (χ3v) is 3.88. The van der Waals surface area contributed by atoms with Crippen LogP contribution in [0.1, 0.15) is 45.4 Å². The van der Waals surface area contributed by atoms with Gasteiger partial charge in [-0.3, -0.25) is 4.79 Å². The minimum absolute atomic E-state index is 0.0467. The molecular weight excluding hydrogens is 216 g/mol. The number of nitrogens with zero attached hydrogens (tertiary/aromatic N) is 1. The molecule has 1 aliphatic rings. The van der Waals surface area contributed by atoms with E-state index < -0.39 is 0 Å². The van der Waals surface area contributed by atoms with Crippen LogP contribution in [0.15, 0.2) is 0 Å². The molecule has 1 saturated carbocycles. The van der Waals surface area contributed by atoms with Gasteiger partial charge in [0.1, 0.15) is 0 Å². The Morgan fingerprint density at radius 1 is 1.41 bits per heavy atom. The number of hydrogen-bond acceptors (Lipinski definition) is 3. The van der Waals surface area contributed by atoms with Crippen molar-refractivity contribution in [2.75, 3.05) is 26.2 Å². The van der Waals surface area contributed by atoms with Crippen molar-refractivity contribution in [3.8, 4) is 0 Å². The van der Waals surface area contributed by atoms with Crippen LogP contribution in [0.3, 0.4) is 0 Å². The summed E-state index contributed by atoms with van der Waals surface area (Å²) in [6, 6.07) is 0. The Kier molecular flexibility index (Phi) is 5.92. The minimum atomic E-state index is 0.0467. The van der Waals surface area contributed by atoms with Crippen LogP contribution in [0.2, 0.25) is 0 Å². The molecule has 1 aliphatic carbocycles. The van der Waals surface area contributed by atoms with Gasteiger partial charge in [0.05, 0.1) is 6.61 Å². The second-order valence-corrected chi connectivity index (χ2v) is 5.19. The first-order valence-corrected chi connectivity index (χ1v) is 6.76. The fourth-order valence-corrected chi connectivity index (χ4v) is 2.39. The van der Waals surface area contributed by atoms with Crippen LogP contribution in [0.4, 0.5) is 0 Å². The lowest BCUT2D eigenvalue weighted by atomic mass is 9.66. The standard InChI is InChI=1S/C13H26N2O2/c1-2-3-7-15(8-9-16)12(17)10-13(11-14)5-4-6-13/h16H,2-11,14H2,1H3. The van der Waals surface area contributed by atoms with Gasteiger partial charge in [-0.1, -0.05) is 19.8 Å². The Morgan fingerprint density at radius 3 is 2.53 bits per heavy atom. The zero-order valence-corrected chi connectivity index (χ0v) is 11.0. The highest BCUT2D eigenvalue weighted by Gasteiger charge is 2.38. The van der Waals surface area contributed by atoms with Gasteiger partial charge >= 0.3 is 0 Å². The molecule has 0 bridgehead atoms. The topological polar surface area (TPSA) is 66.6 Å². The summed E-state index contributed by atoms with van der Waals surface area (Å²) in [5.41, 5.74) is 5.84. The highest BCUT2D eigenvalue weighted by atomic mass is 16.3. The molecule has 100 valence electrons. The Bertz CT molecular complexity index is 234. The van der Waals surface area contributed by atoms with E-state index in [0.717, 1.165) is 32.2 Å². The van der Waals surface area contributed by atoms with Crippen LogP contribution in [0.5, 0.6) is 0 Å². The van der Waals surface area contributed by atoms with Gasteiger partial charge in [-0.15, -0.1) is 0 Å². The molecule has 3 N–H and O–H groups in total. The number of aliphatic hydroxyl groups excluding tert-OH is 1. The van der Waals surface area contributed by atoms with E-state index >= 15 is 0 Å². The van der Waals surface area contributed by atoms with Crippen LogP contribution in [-0.2, 0) is 4.79 Å². The molecule has 0 spiro atoms. The maximum Gasteiger partial charge on any atom is 0.223 e. The monoisotopic (exact) mass is 242 g/mol. The smallest absolute Gasteiger partial charge is 0.223 e. The second kappa shape index (κ2) is 6.97. The van der Waals surface area contributed by atoms with Gasteiger partial charge in [0.25, 0.3) is 0 Å². The molecule has 1 fully saturated rings. The van der Waals surface area contributed by atoms with E-state index in [2.05, 4.69) is 6.92 Å². The first-order chi connectivity index (χ1) is 8.17. The number of carbonyl (C=O) groups is 1. The first-order valence-electron chi connectivity index (χ1n) is 6.76. The summed E-state index contributed by atoms with van der Waals surface area (Å²) >= 11 is 0. The summed E-state index contributed by atoms with van der Waals surface area (Å²) in [7, 11) is 0. The fourth-order valence-electron chi connectivity index (χ4n) is 2.39. The number of amides is 1. The number of aliphatic hydroxyl groups is 1. The lowest BCUT2D eigenvalue weighted by Gasteiger charge is -2.41. The van der Waals surface area contributed by atoms with E-state index in [1.165, 1.54) is 6.42 Å². The van der Waals surface area contributed by atoms with E-state index in [4.69, 9.17) is 10.8 Å². The number of carbonyl (C=O) groups excluding carboxylic acids is 1. The third kappa shape index (κ3) is 3.96. The molecule has 0 atom stereocenters. The van der Waals surface area contributed by atoms with Gasteiger partial charge in [0.15, 0.2) is 0 Å². The molecule has 0 aliphatic heterocycles. The molecule has 0 radical (unpaired) electrons. The summed E-state index contributed by atoms with van der Waals surface area (Å²) in [4.78, 5) is 14.0. The first kappa shape index (κ1) is 14.5. The zero-order chi connectivity index (χ0) is 12.7. The van der Waals surface area contributed by atoms with Gasteiger partial charge in [0, 0.05) is 19.5 Å². The Balaban J connectivity index is 2.45. The third-order valence-electron chi connectivity index (χ3n) is 3.88. The maximum atomic E-state index is 12.2. The molecule has 0 aromatic carbocycles. The van der Waals surface area contributed by atoms with E-state index in [0.29, 0.717) is 19.5 Å². The molecule has 1 rings (SSSR count). The molecule has 4 nitrogen and oxygen atoms in total. The maximum absolute atomic E-state index is 12.2. The van der Waals surface area contributed by atoms with Gasteiger partial charge < -0.3 is 15.7 Å². The van der Waals surface area contributed by atoms with Crippen LogP contribution >= 0.6 is 0 Å². The predicted molar refractivity (Wildman–Crippen MR) is 68.5 cm³/mol. The molecular formula is C13H26N2O2. The molecule has 0 aromatic rings. The summed E-state index contributed by atoms with van der Waals surface area (Å²) < 4.78 is 0. The quantitative estimate of drug-likeness (QED) is 0.670. The molecule has 1 amide bonds. The highest BCUT2D eigenvalue weighted by Crippen LogP contribution is 2.43. The van der Waals surface area contributed by atoms with Crippen molar-refractivity contribution in [1.82, 2.24) is 4.90 Å². The summed E-state index contributed by atoms with van der Waals surface area (Å²) in [6.45, 7) is 3.98. The van der Waals surface area contributed by atoms with Crippen molar-refractivity contribution >= 4 is 5.91 Å².